The Balaban J connectivity index is 1.74. The highest BCUT2D eigenvalue weighted by Crippen LogP contribution is 2.40. The maximum atomic E-state index is 6.40. The van der Waals surface area contributed by atoms with E-state index >= 15 is 0 Å². The van der Waals surface area contributed by atoms with Crippen LogP contribution in [0.2, 0.25) is 0 Å². The first-order chi connectivity index (χ1) is 9.13. The maximum Gasteiger partial charge on any atom is 0.0301 e. The minimum atomic E-state index is 0.150. The molecule has 0 amide bonds. The van der Waals surface area contributed by atoms with E-state index in [1.54, 1.807) is 0 Å². The Labute approximate surface area is 115 Å². The number of benzene rings is 2. The van der Waals surface area contributed by atoms with Crippen molar-refractivity contribution in [3.05, 3.63) is 70.3 Å². The molecule has 0 aliphatic heterocycles. The summed E-state index contributed by atoms with van der Waals surface area (Å²) in [5.74, 6) is 0.645. The maximum absolute atomic E-state index is 6.40. The third-order valence-electron chi connectivity index (χ3n) is 4.17. The molecule has 0 saturated carbocycles. The lowest BCUT2D eigenvalue weighted by Gasteiger charge is -2.32. The second-order valence-corrected chi connectivity index (χ2v) is 5.86. The molecule has 1 aliphatic rings. The summed E-state index contributed by atoms with van der Waals surface area (Å²) in [4.78, 5) is 0. The predicted octanol–water partition coefficient (Wildman–Crippen LogP) is 4.03. The Morgan fingerprint density at radius 3 is 2.47 bits per heavy atom. The topological polar surface area (TPSA) is 26.0 Å². The van der Waals surface area contributed by atoms with E-state index in [9.17, 15) is 0 Å². The summed E-state index contributed by atoms with van der Waals surface area (Å²) in [6, 6.07) is 15.5. The van der Waals surface area contributed by atoms with Crippen LogP contribution in [0.1, 0.15) is 46.2 Å². The van der Waals surface area contributed by atoms with Crippen LogP contribution in [0.4, 0.5) is 0 Å². The molecule has 2 N–H and O–H groups in total. The lowest BCUT2D eigenvalue weighted by atomic mass is 9.74. The second-order valence-electron chi connectivity index (χ2n) is 5.86. The molecule has 0 saturated heterocycles. The molecule has 2 aromatic carbocycles. The van der Waals surface area contributed by atoms with Crippen molar-refractivity contribution in [1.82, 2.24) is 0 Å². The fourth-order valence-corrected chi connectivity index (χ4v) is 3.24. The quantitative estimate of drug-likeness (QED) is 0.875. The molecule has 2 atom stereocenters. The van der Waals surface area contributed by atoms with Gasteiger partial charge in [0.2, 0.25) is 0 Å². The van der Waals surface area contributed by atoms with Crippen LogP contribution in [0.5, 0.6) is 0 Å². The molecule has 3 rings (SSSR count). The van der Waals surface area contributed by atoms with Crippen LogP contribution in [0, 0.1) is 13.8 Å². The van der Waals surface area contributed by atoms with Crippen molar-refractivity contribution in [2.24, 2.45) is 5.73 Å². The zero-order valence-electron chi connectivity index (χ0n) is 11.7. The van der Waals surface area contributed by atoms with Gasteiger partial charge in [-0.1, -0.05) is 53.6 Å². The largest absolute Gasteiger partial charge is 0.324 e. The number of rotatable bonds is 3. The molecule has 2 unspecified atom stereocenters. The third-order valence-corrected chi connectivity index (χ3v) is 4.17. The zero-order chi connectivity index (χ0) is 13.4. The van der Waals surface area contributed by atoms with Gasteiger partial charge in [-0.3, -0.25) is 0 Å². The van der Waals surface area contributed by atoms with E-state index in [4.69, 9.17) is 5.73 Å². The van der Waals surface area contributed by atoms with Gasteiger partial charge >= 0.3 is 0 Å². The van der Waals surface area contributed by atoms with Crippen LogP contribution in [0.3, 0.4) is 0 Å². The Kier molecular flexibility index (Phi) is 3.16. The highest BCUT2D eigenvalue weighted by molar-refractivity contribution is 5.40. The molecule has 98 valence electrons. The molecular formula is C18H21N. The van der Waals surface area contributed by atoms with E-state index in [2.05, 4.69) is 56.3 Å². The van der Waals surface area contributed by atoms with Crippen molar-refractivity contribution in [3.8, 4) is 0 Å². The minimum absolute atomic E-state index is 0.150. The van der Waals surface area contributed by atoms with Gasteiger partial charge in [-0.15, -0.1) is 0 Å². The van der Waals surface area contributed by atoms with Crippen LogP contribution < -0.4 is 5.73 Å². The fraction of sp³-hybridized carbons (Fsp3) is 0.333. The Bertz CT molecular complexity index is 580. The number of nitrogens with two attached hydrogens (primary N) is 1. The second kappa shape index (κ2) is 4.82. The van der Waals surface area contributed by atoms with E-state index in [0.29, 0.717) is 5.92 Å². The summed E-state index contributed by atoms with van der Waals surface area (Å²) in [6.45, 7) is 4.28. The molecule has 0 fully saturated rings. The molecule has 0 bridgehead atoms. The third kappa shape index (κ3) is 2.43. The Morgan fingerprint density at radius 1 is 1.11 bits per heavy atom. The smallest absolute Gasteiger partial charge is 0.0301 e. The molecule has 0 spiro atoms. The van der Waals surface area contributed by atoms with Gasteiger partial charge in [0.1, 0.15) is 0 Å². The van der Waals surface area contributed by atoms with Gasteiger partial charge in [-0.2, -0.15) is 0 Å². The van der Waals surface area contributed by atoms with Crippen LogP contribution in [0.25, 0.3) is 0 Å². The number of hydrogen-bond acceptors (Lipinski definition) is 1. The predicted molar refractivity (Wildman–Crippen MR) is 80.3 cm³/mol. The van der Waals surface area contributed by atoms with E-state index < -0.39 is 0 Å². The van der Waals surface area contributed by atoms with Gasteiger partial charge in [0.25, 0.3) is 0 Å². The van der Waals surface area contributed by atoms with E-state index in [0.717, 1.165) is 6.42 Å². The van der Waals surface area contributed by atoms with Crippen molar-refractivity contribution in [3.63, 3.8) is 0 Å². The Hall–Kier alpha value is -1.60. The van der Waals surface area contributed by atoms with Gasteiger partial charge < -0.3 is 5.73 Å². The molecule has 0 aromatic heterocycles. The summed E-state index contributed by atoms with van der Waals surface area (Å²) in [7, 11) is 0. The molecule has 1 heteroatoms. The standard InChI is InChI=1S/C18H21N/c1-12-7-13(2)9-16(8-12)18(19)11-15-10-14-5-3-4-6-17(14)15/h3-9,15,18H,10-11,19H2,1-2H3. The summed E-state index contributed by atoms with van der Waals surface area (Å²) in [6.07, 6.45) is 2.24. The van der Waals surface area contributed by atoms with Gasteiger partial charge in [-0.05, 0) is 49.3 Å². The highest BCUT2D eigenvalue weighted by Gasteiger charge is 2.27. The SMILES string of the molecule is Cc1cc(C)cc(C(N)CC2Cc3ccccc32)c1. The molecule has 0 radical (unpaired) electrons. The number of fused-ring (bicyclic) bond motifs is 1. The van der Waals surface area contributed by atoms with Gasteiger partial charge in [-0.25, -0.2) is 0 Å². The van der Waals surface area contributed by atoms with Crippen molar-refractivity contribution in [2.45, 2.75) is 38.6 Å². The van der Waals surface area contributed by atoms with Crippen molar-refractivity contribution >= 4 is 0 Å². The fourth-order valence-electron chi connectivity index (χ4n) is 3.24. The van der Waals surface area contributed by atoms with Crippen LogP contribution in [-0.2, 0) is 6.42 Å². The average Bonchev–Trinajstić information content (AvgIpc) is 2.34. The van der Waals surface area contributed by atoms with Crippen molar-refractivity contribution in [2.75, 3.05) is 0 Å². The first-order valence-corrected chi connectivity index (χ1v) is 7.05. The van der Waals surface area contributed by atoms with Crippen LogP contribution in [0.15, 0.2) is 42.5 Å². The van der Waals surface area contributed by atoms with Gasteiger partial charge in [0.05, 0.1) is 0 Å². The minimum Gasteiger partial charge on any atom is -0.324 e. The number of aryl methyl sites for hydroxylation is 2. The lowest BCUT2D eigenvalue weighted by molar-refractivity contribution is 0.498. The van der Waals surface area contributed by atoms with Crippen LogP contribution in [-0.4, -0.2) is 0 Å². The van der Waals surface area contributed by atoms with Crippen molar-refractivity contribution < 1.29 is 0 Å². The van der Waals surface area contributed by atoms with Crippen molar-refractivity contribution in [1.29, 1.82) is 0 Å². The number of hydrogen-bond donors (Lipinski definition) is 1. The molecule has 2 aromatic rings. The van der Waals surface area contributed by atoms with E-state index in [1.807, 2.05) is 0 Å². The molecular weight excluding hydrogens is 230 g/mol. The average molecular weight is 251 g/mol. The normalized spacial score (nSPS) is 18.6. The summed E-state index contributed by atoms with van der Waals surface area (Å²) >= 11 is 0. The first-order valence-electron chi connectivity index (χ1n) is 7.05. The van der Waals surface area contributed by atoms with E-state index in [-0.39, 0.29) is 6.04 Å². The lowest BCUT2D eigenvalue weighted by Crippen LogP contribution is -2.22. The molecule has 19 heavy (non-hydrogen) atoms. The monoisotopic (exact) mass is 251 g/mol. The molecule has 1 aliphatic carbocycles. The Morgan fingerprint density at radius 2 is 1.79 bits per heavy atom. The van der Waals surface area contributed by atoms with E-state index in [1.165, 1.54) is 34.2 Å². The van der Waals surface area contributed by atoms with Gasteiger partial charge in [0, 0.05) is 6.04 Å². The van der Waals surface area contributed by atoms with Gasteiger partial charge in [0.15, 0.2) is 0 Å². The van der Waals surface area contributed by atoms with Crippen LogP contribution >= 0.6 is 0 Å². The summed E-state index contributed by atoms with van der Waals surface area (Å²) in [5, 5.41) is 0. The molecule has 0 heterocycles. The zero-order valence-corrected chi connectivity index (χ0v) is 11.7. The summed E-state index contributed by atoms with van der Waals surface area (Å²) < 4.78 is 0. The molecule has 1 nitrogen and oxygen atoms in total. The highest BCUT2D eigenvalue weighted by atomic mass is 14.6. The summed E-state index contributed by atoms with van der Waals surface area (Å²) in [5.41, 5.74) is 13.3. The first kappa shape index (κ1) is 12.4.